The molecule has 3 rings (SSSR count). The third-order valence-electron chi connectivity index (χ3n) is 4.35. The minimum absolute atomic E-state index is 0.0562. The summed E-state index contributed by atoms with van der Waals surface area (Å²) >= 11 is 0. The van der Waals surface area contributed by atoms with Crippen molar-refractivity contribution in [2.45, 2.75) is 0 Å². The van der Waals surface area contributed by atoms with Gasteiger partial charge in [0.25, 0.3) is 0 Å². The molecule has 0 spiro atoms. The average molecular weight is 387 g/mol. The third kappa shape index (κ3) is 4.98. The van der Waals surface area contributed by atoms with Gasteiger partial charge in [0.05, 0.1) is 38.1 Å². The van der Waals surface area contributed by atoms with Crippen LogP contribution in [0.2, 0.25) is 0 Å². The molecule has 0 saturated carbocycles. The van der Waals surface area contributed by atoms with Crippen LogP contribution in [0.3, 0.4) is 0 Å². The van der Waals surface area contributed by atoms with Crippen LogP contribution in [0.4, 0.5) is 21.5 Å². The van der Waals surface area contributed by atoms with Crippen molar-refractivity contribution in [2.75, 3.05) is 55.5 Å². The highest BCUT2D eigenvalue weighted by atomic mass is 19.1. The Bertz CT molecular complexity index is 836. The minimum Gasteiger partial charge on any atom is -0.465 e. The summed E-state index contributed by atoms with van der Waals surface area (Å²) in [6.07, 6.45) is 0. The van der Waals surface area contributed by atoms with Crippen LogP contribution < -0.4 is 15.5 Å². The molecule has 1 saturated heterocycles. The molecule has 2 aromatic carbocycles. The van der Waals surface area contributed by atoms with E-state index in [4.69, 9.17) is 4.74 Å². The second-order valence-electron chi connectivity index (χ2n) is 6.23. The Labute approximate surface area is 162 Å². The molecule has 2 N–H and O–H groups in total. The Hall–Kier alpha value is -3.13. The Morgan fingerprint density at radius 3 is 2.54 bits per heavy atom. The van der Waals surface area contributed by atoms with Gasteiger partial charge in [-0.05, 0) is 42.5 Å². The van der Waals surface area contributed by atoms with Crippen LogP contribution in [0.25, 0.3) is 0 Å². The smallest absolute Gasteiger partial charge is 0.337 e. The monoisotopic (exact) mass is 387 g/mol. The van der Waals surface area contributed by atoms with Crippen molar-refractivity contribution in [3.05, 3.63) is 53.8 Å². The van der Waals surface area contributed by atoms with Crippen LogP contribution in [0.5, 0.6) is 0 Å². The lowest BCUT2D eigenvalue weighted by Gasteiger charge is -2.28. The van der Waals surface area contributed by atoms with Crippen molar-refractivity contribution in [3.63, 3.8) is 0 Å². The van der Waals surface area contributed by atoms with Gasteiger partial charge in [-0.2, -0.15) is 0 Å². The molecule has 0 atom stereocenters. The van der Waals surface area contributed by atoms with Gasteiger partial charge in [0.15, 0.2) is 0 Å². The number of rotatable bonds is 6. The van der Waals surface area contributed by atoms with E-state index in [0.29, 0.717) is 18.9 Å². The van der Waals surface area contributed by atoms with Crippen LogP contribution in [-0.4, -0.2) is 51.8 Å². The summed E-state index contributed by atoms with van der Waals surface area (Å²) in [4.78, 5) is 25.9. The van der Waals surface area contributed by atoms with E-state index in [0.717, 1.165) is 24.8 Å². The largest absolute Gasteiger partial charge is 0.465 e. The van der Waals surface area contributed by atoms with E-state index in [1.807, 2.05) is 24.3 Å². The predicted octanol–water partition coefficient (Wildman–Crippen LogP) is 2.50. The number of amides is 1. The summed E-state index contributed by atoms with van der Waals surface area (Å²) in [5.41, 5.74) is 1.97. The third-order valence-corrected chi connectivity index (χ3v) is 4.35. The van der Waals surface area contributed by atoms with Gasteiger partial charge in [-0.15, -0.1) is 0 Å². The first-order valence-electron chi connectivity index (χ1n) is 8.91. The van der Waals surface area contributed by atoms with E-state index in [1.54, 1.807) is 0 Å². The second-order valence-corrected chi connectivity index (χ2v) is 6.23. The average Bonchev–Trinajstić information content (AvgIpc) is 2.73. The Morgan fingerprint density at radius 1 is 1.14 bits per heavy atom. The maximum Gasteiger partial charge on any atom is 0.337 e. The van der Waals surface area contributed by atoms with Gasteiger partial charge >= 0.3 is 5.97 Å². The Balaban J connectivity index is 1.55. The molecule has 148 valence electrons. The van der Waals surface area contributed by atoms with E-state index in [2.05, 4.69) is 20.3 Å². The van der Waals surface area contributed by atoms with Gasteiger partial charge in [-0.1, -0.05) is 0 Å². The van der Waals surface area contributed by atoms with E-state index in [-0.39, 0.29) is 23.7 Å². The number of hydrogen-bond acceptors (Lipinski definition) is 6. The molecule has 0 radical (unpaired) electrons. The predicted molar refractivity (Wildman–Crippen MR) is 104 cm³/mol. The van der Waals surface area contributed by atoms with E-state index >= 15 is 0 Å². The van der Waals surface area contributed by atoms with Gasteiger partial charge in [-0.25, -0.2) is 9.18 Å². The fourth-order valence-corrected chi connectivity index (χ4v) is 2.86. The molecule has 1 heterocycles. The summed E-state index contributed by atoms with van der Waals surface area (Å²) in [6, 6.07) is 11.3. The van der Waals surface area contributed by atoms with Gasteiger partial charge in [0, 0.05) is 24.5 Å². The first kappa shape index (κ1) is 19.6. The fourth-order valence-electron chi connectivity index (χ4n) is 2.86. The fraction of sp³-hybridized carbons (Fsp3) is 0.300. The van der Waals surface area contributed by atoms with E-state index in [1.165, 1.54) is 19.2 Å². The number of ether oxygens (including phenoxy) is 2. The number of morpholine rings is 1. The molecule has 1 aliphatic rings. The number of nitrogens with one attached hydrogen (secondary N) is 2. The number of nitrogens with zero attached hydrogens (tertiary/aromatic N) is 1. The van der Waals surface area contributed by atoms with Crippen molar-refractivity contribution >= 4 is 28.9 Å². The van der Waals surface area contributed by atoms with Gasteiger partial charge in [0.2, 0.25) is 5.91 Å². The standard InChI is InChI=1S/C20H22FN3O4/c1-27-20(26)14-2-7-17(21)18(12-14)22-13-19(25)23-15-3-5-16(6-4-15)24-8-10-28-11-9-24/h2-7,12,22H,8-11,13H2,1H3,(H,23,25). The van der Waals surface area contributed by atoms with Crippen molar-refractivity contribution < 1.29 is 23.5 Å². The second kappa shape index (κ2) is 9.18. The molecule has 2 aromatic rings. The number of hydrogen-bond donors (Lipinski definition) is 2. The molecule has 0 unspecified atom stereocenters. The molecule has 7 nitrogen and oxygen atoms in total. The topological polar surface area (TPSA) is 79.9 Å². The zero-order valence-corrected chi connectivity index (χ0v) is 15.5. The SMILES string of the molecule is COC(=O)c1ccc(F)c(NCC(=O)Nc2ccc(N3CCOCC3)cc2)c1. The number of carbonyl (C=O) groups is 2. The van der Waals surface area contributed by atoms with Gasteiger partial charge in [-0.3, -0.25) is 4.79 Å². The number of halogens is 1. The molecule has 28 heavy (non-hydrogen) atoms. The van der Waals surface area contributed by atoms with Crippen LogP contribution >= 0.6 is 0 Å². The number of methoxy groups -OCH3 is 1. The molecule has 0 aliphatic carbocycles. The number of esters is 1. The van der Waals surface area contributed by atoms with E-state index in [9.17, 15) is 14.0 Å². The highest BCUT2D eigenvalue weighted by molar-refractivity contribution is 5.94. The summed E-state index contributed by atoms with van der Waals surface area (Å²) in [5, 5.41) is 5.45. The van der Waals surface area contributed by atoms with Gasteiger partial charge < -0.3 is 25.0 Å². The molecule has 1 fully saturated rings. The van der Waals surface area contributed by atoms with Gasteiger partial charge in [0.1, 0.15) is 5.82 Å². The maximum absolute atomic E-state index is 13.9. The molecule has 1 amide bonds. The quantitative estimate of drug-likeness (QED) is 0.742. The minimum atomic E-state index is -0.576. The van der Waals surface area contributed by atoms with Crippen molar-refractivity contribution in [3.8, 4) is 0 Å². The number of carbonyl (C=O) groups excluding carboxylic acids is 2. The van der Waals surface area contributed by atoms with Crippen LogP contribution in [-0.2, 0) is 14.3 Å². The Kier molecular flexibility index (Phi) is 6.44. The molecule has 1 aliphatic heterocycles. The Morgan fingerprint density at radius 2 is 1.86 bits per heavy atom. The van der Waals surface area contributed by atoms with Crippen molar-refractivity contribution in [2.24, 2.45) is 0 Å². The number of benzene rings is 2. The zero-order valence-electron chi connectivity index (χ0n) is 15.5. The van der Waals surface area contributed by atoms with Crippen LogP contribution in [0.1, 0.15) is 10.4 Å². The summed E-state index contributed by atoms with van der Waals surface area (Å²) in [5.74, 6) is -1.47. The van der Waals surface area contributed by atoms with Crippen molar-refractivity contribution in [1.82, 2.24) is 0 Å². The summed E-state index contributed by atoms with van der Waals surface area (Å²) in [6.45, 7) is 2.94. The zero-order chi connectivity index (χ0) is 19.9. The maximum atomic E-state index is 13.9. The lowest BCUT2D eigenvalue weighted by atomic mass is 10.2. The molecule has 0 bridgehead atoms. The molecular formula is C20H22FN3O4. The summed E-state index contributed by atoms with van der Waals surface area (Å²) < 4.78 is 23.8. The van der Waals surface area contributed by atoms with Crippen molar-refractivity contribution in [1.29, 1.82) is 0 Å². The summed E-state index contributed by atoms with van der Waals surface area (Å²) in [7, 11) is 1.25. The highest BCUT2D eigenvalue weighted by Gasteiger charge is 2.12. The number of anilines is 3. The highest BCUT2D eigenvalue weighted by Crippen LogP contribution is 2.19. The van der Waals surface area contributed by atoms with Crippen LogP contribution in [0.15, 0.2) is 42.5 Å². The molecular weight excluding hydrogens is 365 g/mol. The molecule has 8 heteroatoms. The normalized spacial score (nSPS) is 13.7. The lowest BCUT2D eigenvalue weighted by molar-refractivity contribution is -0.114. The van der Waals surface area contributed by atoms with Crippen LogP contribution in [0, 0.1) is 5.82 Å². The lowest BCUT2D eigenvalue weighted by Crippen LogP contribution is -2.36. The molecule has 0 aromatic heterocycles. The first-order valence-corrected chi connectivity index (χ1v) is 8.91. The van der Waals surface area contributed by atoms with E-state index < -0.39 is 11.8 Å². The first-order chi connectivity index (χ1) is 13.6.